The van der Waals surface area contributed by atoms with E-state index in [1.165, 1.54) is 53.6 Å². The van der Waals surface area contributed by atoms with E-state index in [1.807, 2.05) is 72.0 Å². The molecule has 0 bridgehead atoms. The van der Waals surface area contributed by atoms with E-state index in [-0.39, 0.29) is 0 Å². The Labute approximate surface area is 323 Å². The molecule has 0 aliphatic rings. The Bertz CT molecular complexity index is 2900. The topological polar surface area (TPSA) is 38.7 Å². The highest BCUT2D eigenvalue weighted by Gasteiger charge is 2.17. The van der Waals surface area contributed by atoms with Gasteiger partial charge in [0.2, 0.25) is 0 Å². The summed E-state index contributed by atoms with van der Waals surface area (Å²) in [5, 5.41) is 2.58. The molecule has 0 atom stereocenters. The minimum absolute atomic E-state index is 0.643. The van der Waals surface area contributed by atoms with Crippen molar-refractivity contribution in [3.63, 3.8) is 0 Å². The van der Waals surface area contributed by atoms with Gasteiger partial charge < -0.3 is 0 Å². The first-order chi connectivity index (χ1) is 27.2. The van der Waals surface area contributed by atoms with Crippen molar-refractivity contribution in [2.24, 2.45) is 0 Å². The first-order valence-corrected chi connectivity index (χ1v) is 19.3. The number of nitrogens with zero attached hydrogens (tertiary/aromatic N) is 3. The standard InChI is InChI=1S/C51H33N3S/c1-5-16-34(17-6-1)42-32-45(35-18-7-2-8-19-35)47-44-29-15-28-43(48(44)55-46(47)33-42)40-26-13-24-38(30-40)39-25-14-27-41(31-39)51-53-49(36-20-9-3-10-21-36)52-50(54-51)37-22-11-4-12-23-37/h1-33H. The zero-order chi connectivity index (χ0) is 36.6. The minimum atomic E-state index is 0.643. The van der Waals surface area contributed by atoms with Crippen LogP contribution in [0, 0.1) is 0 Å². The van der Waals surface area contributed by atoms with Crippen LogP contribution in [0.15, 0.2) is 200 Å². The van der Waals surface area contributed by atoms with Crippen molar-refractivity contribution < 1.29 is 0 Å². The molecule has 8 aromatic carbocycles. The molecule has 0 saturated heterocycles. The maximum absolute atomic E-state index is 4.99. The summed E-state index contributed by atoms with van der Waals surface area (Å²) in [5.41, 5.74) is 12.4. The molecule has 0 radical (unpaired) electrons. The van der Waals surface area contributed by atoms with Gasteiger partial charge in [0.15, 0.2) is 17.5 Å². The first-order valence-electron chi connectivity index (χ1n) is 18.4. The summed E-state index contributed by atoms with van der Waals surface area (Å²) in [7, 11) is 0. The molecule has 0 amide bonds. The second kappa shape index (κ2) is 14.1. The predicted molar refractivity (Wildman–Crippen MR) is 231 cm³/mol. The zero-order valence-electron chi connectivity index (χ0n) is 29.8. The lowest BCUT2D eigenvalue weighted by Gasteiger charge is -2.11. The fraction of sp³-hybridized carbons (Fsp3) is 0. The van der Waals surface area contributed by atoms with Gasteiger partial charge in [0.1, 0.15) is 0 Å². The molecule has 3 nitrogen and oxygen atoms in total. The van der Waals surface area contributed by atoms with Gasteiger partial charge in [0, 0.05) is 36.9 Å². The molecule has 0 spiro atoms. The van der Waals surface area contributed by atoms with Gasteiger partial charge in [-0.25, -0.2) is 15.0 Å². The van der Waals surface area contributed by atoms with Gasteiger partial charge in [-0.15, -0.1) is 11.3 Å². The van der Waals surface area contributed by atoms with E-state index >= 15 is 0 Å². The second-order valence-electron chi connectivity index (χ2n) is 13.6. The van der Waals surface area contributed by atoms with Crippen molar-refractivity contribution >= 4 is 31.5 Å². The number of hydrogen-bond acceptors (Lipinski definition) is 4. The molecule has 0 unspecified atom stereocenters. The van der Waals surface area contributed by atoms with E-state index in [1.54, 1.807) is 0 Å². The number of hydrogen-bond donors (Lipinski definition) is 0. The Kier molecular flexibility index (Phi) is 8.36. The number of benzene rings is 8. The average molecular weight is 720 g/mol. The van der Waals surface area contributed by atoms with Crippen LogP contribution in [-0.4, -0.2) is 15.0 Å². The van der Waals surface area contributed by atoms with Crippen LogP contribution in [0.5, 0.6) is 0 Å². The smallest absolute Gasteiger partial charge is 0.164 e. The molecule has 10 aromatic rings. The van der Waals surface area contributed by atoms with Crippen molar-refractivity contribution in [2.45, 2.75) is 0 Å². The molecule has 258 valence electrons. The molecular weight excluding hydrogens is 687 g/mol. The Morgan fingerprint density at radius 2 is 0.745 bits per heavy atom. The van der Waals surface area contributed by atoms with Crippen molar-refractivity contribution in [3.8, 4) is 78.7 Å². The summed E-state index contributed by atoms with van der Waals surface area (Å²) in [5.74, 6) is 1.95. The van der Waals surface area contributed by atoms with E-state index in [0.29, 0.717) is 17.5 Å². The predicted octanol–water partition coefficient (Wildman–Crippen LogP) is 13.9. The second-order valence-corrected chi connectivity index (χ2v) is 14.7. The summed E-state index contributed by atoms with van der Waals surface area (Å²) in [6.45, 7) is 0. The Morgan fingerprint density at radius 3 is 1.35 bits per heavy atom. The zero-order valence-corrected chi connectivity index (χ0v) is 30.6. The maximum atomic E-state index is 4.99. The van der Waals surface area contributed by atoms with E-state index in [4.69, 9.17) is 15.0 Å². The molecule has 55 heavy (non-hydrogen) atoms. The van der Waals surface area contributed by atoms with Crippen molar-refractivity contribution in [1.29, 1.82) is 0 Å². The van der Waals surface area contributed by atoms with Crippen LogP contribution in [0.4, 0.5) is 0 Å². The average Bonchev–Trinajstić information content (AvgIpc) is 3.66. The van der Waals surface area contributed by atoms with Crippen LogP contribution in [0.3, 0.4) is 0 Å². The number of fused-ring (bicyclic) bond motifs is 3. The molecule has 0 fully saturated rings. The maximum Gasteiger partial charge on any atom is 0.164 e. The molecule has 0 saturated carbocycles. The third kappa shape index (κ3) is 6.29. The highest BCUT2D eigenvalue weighted by molar-refractivity contribution is 7.26. The van der Waals surface area contributed by atoms with Gasteiger partial charge in [-0.2, -0.15) is 0 Å². The highest BCUT2D eigenvalue weighted by atomic mass is 32.1. The Morgan fingerprint density at radius 1 is 0.291 bits per heavy atom. The lowest BCUT2D eigenvalue weighted by atomic mass is 9.93. The van der Waals surface area contributed by atoms with E-state index in [2.05, 4.69) is 140 Å². The number of rotatable bonds is 7. The van der Waals surface area contributed by atoms with Crippen LogP contribution in [0.2, 0.25) is 0 Å². The van der Waals surface area contributed by atoms with Crippen molar-refractivity contribution in [2.75, 3.05) is 0 Å². The van der Waals surface area contributed by atoms with Crippen LogP contribution >= 0.6 is 11.3 Å². The number of aromatic nitrogens is 3. The van der Waals surface area contributed by atoms with Gasteiger partial charge in [-0.1, -0.05) is 176 Å². The van der Waals surface area contributed by atoms with Gasteiger partial charge in [-0.05, 0) is 68.8 Å². The van der Waals surface area contributed by atoms with E-state index < -0.39 is 0 Å². The van der Waals surface area contributed by atoms with Gasteiger partial charge in [0.25, 0.3) is 0 Å². The summed E-state index contributed by atoms with van der Waals surface area (Å²) < 4.78 is 2.58. The Hall–Kier alpha value is -7.01. The normalized spacial score (nSPS) is 11.3. The molecule has 2 aromatic heterocycles. The summed E-state index contributed by atoms with van der Waals surface area (Å²) in [6, 6.07) is 70.6. The largest absolute Gasteiger partial charge is 0.208 e. The molecule has 2 heterocycles. The first kappa shape index (κ1) is 32.6. The fourth-order valence-corrected chi connectivity index (χ4v) is 8.74. The van der Waals surface area contributed by atoms with Crippen molar-refractivity contribution in [3.05, 3.63) is 200 Å². The molecule has 0 aliphatic carbocycles. The van der Waals surface area contributed by atoms with Crippen molar-refractivity contribution in [1.82, 2.24) is 15.0 Å². The monoisotopic (exact) mass is 719 g/mol. The molecular formula is C51H33N3S. The van der Waals surface area contributed by atoms with E-state index in [9.17, 15) is 0 Å². The van der Waals surface area contributed by atoms with Crippen LogP contribution in [0.1, 0.15) is 0 Å². The van der Waals surface area contributed by atoms with Gasteiger partial charge in [-0.3, -0.25) is 0 Å². The Balaban J connectivity index is 1.08. The lowest BCUT2D eigenvalue weighted by Crippen LogP contribution is -2.00. The minimum Gasteiger partial charge on any atom is -0.208 e. The molecule has 0 N–H and O–H groups in total. The highest BCUT2D eigenvalue weighted by Crippen LogP contribution is 2.46. The lowest BCUT2D eigenvalue weighted by molar-refractivity contribution is 1.07. The third-order valence-corrected chi connectivity index (χ3v) is 11.3. The fourth-order valence-electron chi connectivity index (χ4n) is 7.44. The van der Waals surface area contributed by atoms with E-state index in [0.717, 1.165) is 27.8 Å². The SMILES string of the molecule is c1ccc(-c2cc(-c3ccccc3)c3c(c2)sc2c(-c4cccc(-c5cccc(-c6nc(-c7ccccc7)nc(-c7ccccc7)n6)c5)c4)cccc23)cc1. The van der Waals surface area contributed by atoms with Crippen LogP contribution < -0.4 is 0 Å². The summed E-state index contributed by atoms with van der Waals surface area (Å²) in [4.78, 5) is 14.9. The number of thiophene rings is 1. The summed E-state index contributed by atoms with van der Waals surface area (Å²) in [6.07, 6.45) is 0. The van der Waals surface area contributed by atoms with Crippen LogP contribution in [-0.2, 0) is 0 Å². The van der Waals surface area contributed by atoms with Gasteiger partial charge >= 0.3 is 0 Å². The summed E-state index contributed by atoms with van der Waals surface area (Å²) >= 11 is 1.88. The molecule has 10 rings (SSSR count). The molecule has 4 heteroatoms. The molecule has 0 aliphatic heterocycles. The third-order valence-electron chi connectivity index (χ3n) is 10.1. The van der Waals surface area contributed by atoms with Crippen LogP contribution in [0.25, 0.3) is 98.8 Å². The van der Waals surface area contributed by atoms with Gasteiger partial charge in [0.05, 0.1) is 0 Å². The quantitative estimate of drug-likeness (QED) is 0.165.